The van der Waals surface area contributed by atoms with Crippen molar-refractivity contribution in [2.24, 2.45) is 0 Å². The number of benzene rings is 2. The number of rotatable bonds is 7. The van der Waals surface area contributed by atoms with Crippen molar-refractivity contribution in [2.75, 3.05) is 13.1 Å². The van der Waals surface area contributed by atoms with Crippen molar-refractivity contribution in [3.05, 3.63) is 52.8 Å². The zero-order chi connectivity index (χ0) is 19.6. The summed E-state index contributed by atoms with van der Waals surface area (Å²) in [7, 11) is -3.64. The Hall–Kier alpha value is -2.23. The molecule has 0 aliphatic heterocycles. The van der Waals surface area contributed by atoms with Crippen molar-refractivity contribution in [3.8, 4) is 0 Å². The first kappa shape index (κ1) is 19.5. The molecule has 0 N–H and O–H groups in total. The van der Waals surface area contributed by atoms with Crippen LogP contribution >= 0.6 is 11.6 Å². The SMILES string of the molecule is CCN(CC)S(=O)(=O)c1ccc2nnn(OCc3c(F)cccc3Cl)c2c1. The van der Waals surface area contributed by atoms with Crippen molar-refractivity contribution >= 4 is 32.7 Å². The fourth-order valence-corrected chi connectivity index (χ4v) is 4.34. The summed E-state index contributed by atoms with van der Waals surface area (Å²) in [6, 6.07) is 8.79. The van der Waals surface area contributed by atoms with Crippen LogP contribution in [0.5, 0.6) is 0 Å². The maximum atomic E-state index is 13.9. The third-order valence-electron chi connectivity index (χ3n) is 4.12. The van der Waals surface area contributed by atoms with E-state index in [9.17, 15) is 12.8 Å². The molecule has 0 atom stereocenters. The lowest BCUT2D eigenvalue weighted by atomic mass is 10.2. The average Bonchev–Trinajstić information content (AvgIpc) is 3.04. The van der Waals surface area contributed by atoms with E-state index in [4.69, 9.17) is 16.4 Å². The fourth-order valence-electron chi connectivity index (χ4n) is 2.64. The van der Waals surface area contributed by atoms with Gasteiger partial charge >= 0.3 is 0 Å². The van der Waals surface area contributed by atoms with Crippen LogP contribution in [0.2, 0.25) is 5.02 Å². The van der Waals surface area contributed by atoms with E-state index < -0.39 is 15.8 Å². The first-order chi connectivity index (χ1) is 12.9. The summed E-state index contributed by atoms with van der Waals surface area (Å²) in [5.74, 6) is -0.503. The second kappa shape index (κ2) is 7.79. The van der Waals surface area contributed by atoms with Gasteiger partial charge in [0, 0.05) is 18.7 Å². The molecule has 0 aliphatic rings. The first-order valence-corrected chi connectivity index (χ1v) is 10.1. The molecule has 2 aromatic carbocycles. The molecular formula is C17H18ClFN4O3S. The number of fused-ring (bicyclic) bond motifs is 1. The standard InChI is InChI=1S/C17H18ClFN4O3S/c1-3-22(4-2)27(24,25)12-8-9-16-17(10-12)23(21-20-16)26-11-13-14(18)6-5-7-15(13)19/h5-10H,3-4,11H2,1-2H3. The normalized spacial score (nSPS) is 12.0. The number of halogens is 2. The Balaban J connectivity index is 1.94. The smallest absolute Gasteiger partial charge is 0.243 e. The maximum Gasteiger partial charge on any atom is 0.243 e. The van der Waals surface area contributed by atoms with Gasteiger partial charge in [0.2, 0.25) is 10.0 Å². The fraction of sp³-hybridized carbons (Fsp3) is 0.294. The highest BCUT2D eigenvalue weighted by Crippen LogP contribution is 2.22. The van der Waals surface area contributed by atoms with E-state index in [0.717, 1.165) is 4.85 Å². The van der Waals surface area contributed by atoms with E-state index in [1.165, 1.54) is 28.6 Å². The van der Waals surface area contributed by atoms with Crippen LogP contribution in [0.1, 0.15) is 19.4 Å². The monoisotopic (exact) mass is 412 g/mol. The summed E-state index contributed by atoms with van der Waals surface area (Å²) in [5, 5.41) is 8.01. The van der Waals surface area contributed by atoms with Crippen LogP contribution in [0.25, 0.3) is 11.0 Å². The summed E-state index contributed by atoms with van der Waals surface area (Å²) < 4.78 is 40.7. The molecular weight excluding hydrogens is 395 g/mol. The van der Waals surface area contributed by atoms with Gasteiger partial charge in [-0.2, -0.15) is 4.31 Å². The zero-order valence-electron chi connectivity index (χ0n) is 14.8. The van der Waals surface area contributed by atoms with Crippen molar-refractivity contribution in [1.29, 1.82) is 0 Å². The van der Waals surface area contributed by atoms with Gasteiger partial charge in [0.1, 0.15) is 23.5 Å². The van der Waals surface area contributed by atoms with Crippen LogP contribution in [0.15, 0.2) is 41.3 Å². The van der Waals surface area contributed by atoms with Gasteiger partial charge in [0.25, 0.3) is 0 Å². The third kappa shape index (κ3) is 3.76. The molecule has 0 radical (unpaired) electrons. The van der Waals surface area contributed by atoms with E-state index in [0.29, 0.717) is 24.1 Å². The van der Waals surface area contributed by atoms with E-state index in [1.54, 1.807) is 26.0 Å². The van der Waals surface area contributed by atoms with E-state index in [1.807, 2.05) is 0 Å². The Morgan fingerprint density at radius 3 is 2.63 bits per heavy atom. The molecule has 0 fully saturated rings. The zero-order valence-corrected chi connectivity index (χ0v) is 16.3. The van der Waals surface area contributed by atoms with Crippen LogP contribution < -0.4 is 4.84 Å². The van der Waals surface area contributed by atoms with Crippen molar-refractivity contribution in [2.45, 2.75) is 25.3 Å². The molecule has 27 heavy (non-hydrogen) atoms. The molecule has 0 saturated carbocycles. The largest absolute Gasteiger partial charge is 0.390 e. The highest BCUT2D eigenvalue weighted by molar-refractivity contribution is 7.89. The molecule has 7 nitrogen and oxygen atoms in total. The second-order valence-corrected chi connectivity index (χ2v) is 8.02. The molecule has 3 rings (SSSR count). The lowest BCUT2D eigenvalue weighted by Gasteiger charge is -2.18. The average molecular weight is 413 g/mol. The van der Waals surface area contributed by atoms with E-state index >= 15 is 0 Å². The molecule has 144 valence electrons. The van der Waals surface area contributed by atoms with Gasteiger partial charge in [-0.25, -0.2) is 12.8 Å². The lowest BCUT2D eigenvalue weighted by Crippen LogP contribution is -2.30. The number of hydrogen-bond acceptors (Lipinski definition) is 5. The van der Waals surface area contributed by atoms with Gasteiger partial charge < -0.3 is 4.84 Å². The molecule has 0 unspecified atom stereocenters. The third-order valence-corrected chi connectivity index (χ3v) is 6.52. The van der Waals surface area contributed by atoms with Gasteiger partial charge in [-0.05, 0) is 35.5 Å². The minimum Gasteiger partial charge on any atom is -0.390 e. The minimum absolute atomic E-state index is 0.106. The first-order valence-electron chi connectivity index (χ1n) is 8.30. The number of sulfonamides is 1. The summed E-state index contributed by atoms with van der Waals surface area (Å²) >= 11 is 5.99. The Bertz CT molecular complexity index is 1050. The summed E-state index contributed by atoms with van der Waals surface area (Å²) in [5.41, 5.74) is 0.985. The molecule has 1 aromatic heterocycles. The molecule has 0 saturated heterocycles. The van der Waals surface area contributed by atoms with Crippen LogP contribution in [0.4, 0.5) is 4.39 Å². The number of aromatic nitrogens is 3. The van der Waals surface area contributed by atoms with Gasteiger partial charge in [-0.3, -0.25) is 0 Å². The maximum absolute atomic E-state index is 13.9. The topological polar surface area (TPSA) is 77.3 Å². The predicted molar refractivity (Wildman–Crippen MR) is 99.3 cm³/mol. The predicted octanol–water partition coefficient (Wildman–Crippen LogP) is 2.88. The molecule has 0 aliphatic carbocycles. The lowest BCUT2D eigenvalue weighted by molar-refractivity contribution is 0.0734. The highest BCUT2D eigenvalue weighted by Gasteiger charge is 2.23. The van der Waals surface area contributed by atoms with Gasteiger partial charge in [-0.1, -0.05) is 36.4 Å². The summed E-state index contributed by atoms with van der Waals surface area (Å²) in [4.78, 5) is 6.67. The Labute approximate surface area is 161 Å². The van der Waals surface area contributed by atoms with Crippen LogP contribution in [-0.4, -0.2) is 41.0 Å². The Morgan fingerprint density at radius 1 is 1.22 bits per heavy atom. The van der Waals surface area contributed by atoms with Crippen molar-refractivity contribution < 1.29 is 17.6 Å². The Kier molecular flexibility index (Phi) is 5.64. The van der Waals surface area contributed by atoms with Gasteiger partial charge in [-0.15, -0.1) is 5.10 Å². The molecule has 3 aromatic rings. The van der Waals surface area contributed by atoms with E-state index in [-0.39, 0.29) is 22.1 Å². The molecule has 10 heteroatoms. The minimum atomic E-state index is -3.64. The second-order valence-electron chi connectivity index (χ2n) is 5.68. The Morgan fingerprint density at radius 2 is 1.96 bits per heavy atom. The summed E-state index contributed by atoms with van der Waals surface area (Å²) in [6.07, 6.45) is 0. The van der Waals surface area contributed by atoms with Crippen LogP contribution in [0, 0.1) is 5.82 Å². The highest BCUT2D eigenvalue weighted by atomic mass is 35.5. The van der Waals surface area contributed by atoms with Gasteiger partial charge in [0.05, 0.1) is 9.92 Å². The molecule has 0 bridgehead atoms. The quantitative estimate of drug-likeness (QED) is 0.596. The van der Waals surface area contributed by atoms with Gasteiger partial charge in [0.15, 0.2) is 0 Å². The van der Waals surface area contributed by atoms with Crippen molar-refractivity contribution in [3.63, 3.8) is 0 Å². The van der Waals surface area contributed by atoms with E-state index in [2.05, 4.69) is 10.3 Å². The van der Waals surface area contributed by atoms with Crippen molar-refractivity contribution in [1.82, 2.24) is 19.5 Å². The van der Waals surface area contributed by atoms with Crippen LogP contribution in [0.3, 0.4) is 0 Å². The number of hydrogen-bond donors (Lipinski definition) is 0. The summed E-state index contributed by atoms with van der Waals surface area (Å²) in [6.45, 7) is 4.07. The van der Waals surface area contributed by atoms with Crippen LogP contribution in [-0.2, 0) is 16.6 Å². The number of nitrogens with zero attached hydrogens (tertiary/aromatic N) is 4. The molecule has 0 amide bonds. The molecule has 0 spiro atoms. The molecule has 1 heterocycles.